The van der Waals surface area contributed by atoms with E-state index in [0.717, 1.165) is 18.9 Å². The summed E-state index contributed by atoms with van der Waals surface area (Å²) in [5.41, 5.74) is -3.86. The molecule has 0 spiro atoms. The molecule has 1 N–H and O–H groups in total. The maximum absolute atomic E-state index is 12.5. The number of Topliss-reactive ketones (excluding diaryl/α,β-unsaturated/α-hetero) is 1. The largest absolute Gasteiger partial charge is 0.340 e. The van der Waals surface area contributed by atoms with Crippen LogP contribution in [0.25, 0.3) is 0 Å². The van der Waals surface area contributed by atoms with Crippen molar-refractivity contribution in [2.24, 2.45) is 5.92 Å². The molecule has 9 nitrogen and oxygen atoms in total. The number of carbonyl (C=O) groups is 2. The van der Waals surface area contributed by atoms with E-state index in [0.29, 0.717) is 11.4 Å². The first-order valence-electron chi connectivity index (χ1n) is 8.06. The van der Waals surface area contributed by atoms with Crippen LogP contribution in [0, 0.1) is 26.1 Å². The van der Waals surface area contributed by atoms with Crippen LogP contribution in [0.4, 0.5) is 0 Å². The molecule has 2 aliphatic rings. The number of nitrogens with zero attached hydrogens (tertiary/aromatic N) is 2. The third-order valence-corrected chi connectivity index (χ3v) is 5.22. The fraction of sp³-hybridized carbons (Fsp3) is 0.733. The third kappa shape index (κ3) is 2.62. The zero-order chi connectivity index (χ0) is 18.1. The van der Waals surface area contributed by atoms with E-state index >= 15 is 0 Å². The number of quaternary nitrogens is 1. The fourth-order valence-corrected chi connectivity index (χ4v) is 4.07. The van der Waals surface area contributed by atoms with Crippen LogP contribution >= 0.6 is 0 Å². The quantitative estimate of drug-likeness (QED) is 0.490. The lowest BCUT2D eigenvalue weighted by Gasteiger charge is -2.45. The van der Waals surface area contributed by atoms with E-state index < -0.39 is 38.4 Å². The highest BCUT2D eigenvalue weighted by Crippen LogP contribution is 2.42. The number of hydrogen-bond donors (Lipinski definition) is 1. The van der Waals surface area contributed by atoms with Crippen LogP contribution in [-0.2, 0) is 9.59 Å². The van der Waals surface area contributed by atoms with E-state index in [2.05, 4.69) is 0 Å². The van der Waals surface area contributed by atoms with Gasteiger partial charge in [-0.05, 0) is 19.4 Å². The van der Waals surface area contributed by atoms with Crippen molar-refractivity contribution in [2.45, 2.75) is 44.2 Å². The molecule has 0 amide bonds. The summed E-state index contributed by atoms with van der Waals surface area (Å²) in [6.07, 6.45) is 3.40. The van der Waals surface area contributed by atoms with Crippen molar-refractivity contribution in [3.63, 3.8) is 0 Å². The lowest BCUT2D eigenvalue weighted by Crippen LogP contribution is -3.19. The molecule has 1 fully saturated rings. The Morgan fingerprint density at radius 3 is 2.50 bits per heavy atom. The van der Waals surface area contributed by atoms with Gasteiger partial charge in [0.2, 0.25) is 5.78 Å². The van der Waals surface area contributed by atoms with Gasteiger partial charge in [0.25, 0.3) is 5.54 Å². The van der Waals surface area contributed by atoms with Gasteiger partial charge < -0.3 is 9.69 Å². The summed E-state index contributed by atoms with van der Waals surface area (Å²) in [4.78, 5) is 47.3. The van der Waals surface area contributed by atoms with Crippen LogP contribution in [0.15, 0.2) is 12.2 Å². The van der Waals surface area contributed by atoms with Gasteiger partial charge in [-0.15, -0.1) is 0 Å². The Balaban J connectivity index is 2.61. The van der Waals surface area contributed by atoms with Crippen LogP contribution in [0.3, 0.4) is 0 Å². The molecular formula is C15H22N3O6+. The number of hydrogen-bond acceptors (Lipinski definition) is 6. The van der Waals surface area contributed by atoms with Gasteiger partial charge in [-0.1, -0.05) is 13.3 Å². The third-order valence-electron chi connectivity index (χ3n) is 5.22. The Morgan fingerprint density at radius 1 is 1.33 bits per heavy atom. The number of nitrogens with one attached hydrogen (secondary N) is 1. The predicted molar refractivity (Wildman–Crippen MR) is 82.9 cm³/mol. The topological polar surface area (TPSA) is 125 Å². The van der Waals surface area contributed by atoms with E-state index in [9.17, 15) is 29.8 Å². The normalized spacial score (nSPS) is 34.8. The molecule has 0 aromatic rings. The minimum absolute atomic E-state index is 0.0529. The summed E-state index contributed by atoms with van der Waals surface area (Å²) in [6.45, 7) is 3.66. The van der Waals surface area contributed by atoms with Gasteiger partial charge in [-0.3, -0.25) is 25.0 Å². The lowest BCUT2D eigenvalue weighted by molar-refractivity contribution is -0.943. The van der Waals surface area contributed by atoms with Crippen LogP contribution in [0.2, 0.25) is 0 Å². The van der Waals surface area contributed by atoms with Crippen LogP contribution in [0.1, 0.15) is 33.1 Å². The second kappa shape index (κ2) is 6.39. The molecule has 0 aromatic carbocycles. The average Bonchev–Trinajstić information content (AvgIpc) is 2.49. The van der Waals surface area contributed by atoms with Gasteiger partial charge >= 0.3 is 5.54 Å². The van der Waals surface area contributed by atoms with Gasteiger partial charge in [0.05, 0.1) is 6.54 Å². The standard InChI is InChI=1S/C15H21N3O6/c1-3-4-7-16-9-14(17(21)22)6-5-13(20)15(10-16,18(23)24)12(14)8-11(2)19/h5-6,12H,3-4,7-10H2,1-2H3/p+1/t12-,14+,15-/m1/s1. The molecular weight excluding hydrogens is 318 g/mol. The Hall–Kier alpha value is -2.16. The van der Waals surface area contributed by atoms with E-state index in [1.807, 2.05) is 6.92 Å². The number of rotatable bonds is 7. The van der Waals surface area contributed by atoms with Crippen molar-refractivity contribution in [3.05, 3.63) is 32.4 Å². The summed E-state index contributed by atoms with van der Waals surface area (Å²) in [5, 5.41) is 23.7. The van der Waals surface area contributed by atoms with Crippen LogP contribution < -0.4 is 4.90 Å². The van der Waals surface area contributed by atoms with Crippen molar-refractivity contribution in [3.8, 4) is 0 Å². The van der Waals surface area contributed by atoms with E-state index in [1.165, 1.54) is 13.0 Å². The molecule has 1 unspecified atom stereocenters. The maximum atomic E-state index is 12.5. The van der Waals surface area contributed by atoms with E-state index in [-0.39, 0.29) is 19.5 Å². The van der Waals surface area contributed by atoms with Crippen molar-refractivity contribution in [2.75, 3.05) is 19.6 Å². The number of piperidine rings is 1. The van der Waals surface area contributed by atoms with Crippen molar-refractivity contribution >= 4 is 11.6 Å². The van der Waals surface area contributed by atoms with Crippen LogP contribution in [-0.4, -0.2) is 52.1 Å². The molecule has 1 aliphatic heterocycles. The summed E-state index contributed by atoms with van der Waals surface area (Å²) in [6, 6.07) is 0. The Kier molecular flexibility index (Phi) is 4.84. The number of carbonyl (C=O) groups excluding carboxylic acids is 2. The molecule has 9 heteroatoms. The highest BCUT2D eigenvalue weighted by Gasteiger charge is 2.76. The number of fused-ring (bicyclic) bond motifs is 2. The summed E-state index contributed by atoms with van der Waals surface area (Å²) in [7, 11) is 0. The van der Waals surface area contributed by atoms with Gasteiger partial charge in [0, 0.05) is 22.3 Å². The Morgan fingerprint density at radius 2 is 2.00 bits per heavy atom. The molecule has 24 heavy (non-hydrogen) atoms. The molecule has 2 rings (SSSR count). The van der Waals surface area contributed by atoms with Crippen molar-refractivity contribution in [1.29, 1.82) is 0 Å². The molecule has 0 radical (unpaired) electrons. The Labute approximate surface area is 139 Å². The van der Waals surface area contributed by atoms with Crippen molar-refractivity contribution < 1.29 is 24.3 Å². The minimum Gasteiger partial charge on any atom is -0.322 e. The van der Waals surface area contributed by atoms with Gasteiger partial charge in [-0.2, -0.15) is 0 Å². The van der Waals surface area contributed by atoms with E-state index in [4.69, 9.17) is 0 Å². The first kappa shape index (κ1) is 18.2. The smallest absolute Gasteiger partial charge is 0.322 e. The Bertz CT molecular complexity index is 618. The monoisotopic (exact) mass is 340 g/mol. The SMILES string of the molecule is CCCC[NH+]1C[C@@]2([N+](=O)[O-])C=CC(=O)[C@@]([N+](=O)[O-])(C1)[C@@H]2CC(C)=O. The number of unbranched alkanes of at least 4 members (excludes halogenated alkanes) is 1. The number of nitro groups is 2. The van der Waals surface area contributed by atoms with Gasteiger partial charge in [-0.25, -0.2) is 0 Å². The molecule has 1 saturated heterocycles. The summed E-state index contributed by atoms with van der Waals surface area (Å²) < 4.78 is 0. The molecule has 1 aliphatic carbocycles. The summed E-state index contributed by atoms with van der Waals surface area (Å²) >= 11 is 0. The second-order valence-electron chi connectivity index (χ2n) is 6.79. The minimum atomic E-state index is -2.10. The lowest BCUT2D eigenvalue weighted by atomic mass is 9.61. The fourth-order valence-electron chi connectivity index (χ4n) is 4.07. The number of likely N-dealkylation sites (tertiary alicyclic amines) is 1. The highest BCUT2D eigenvalue weighted by molar-refractivity contribution is 5.99. The summed E-state index contributed by atoms with van der Waals surface area (Å²) in [5.74, 6) is -2.39. The van der Waals surface area contributed by atoms with E-state index in [1.54, 1.807) is 0 Å². The van der Waals surface area contributed by atoms with Crippen molar-refractivity contribution in [1.82, 2.24) is 0 Å². The zero-order valence-corrected chi connectivity index (χ0v) is 13.8. The second-order valence-corrected chi connectivity index (χ2v) is 6.79. The first-order chi connectivity index (χ1) is 11.2. The molecule has 4 atom stereocenters. The zero-order valence-electron chi connectivity index (χ0n) is 13.8. The number of ketones is 2. The average molecular weight is 340 g/mol. The molecule has 0 aromatic heterocycles. The van der Waals surface area contributed by atoms with Gasteiger partial charge in [0.15, 0.2) is 13.1 Å². The molecule has 1 heterocycles. The maximum Gasteiger partial charge on any atom is 0.340 e. The van der Waals surface area contributed by atoms with Crippen LogP contribution in [0.5, 0.6) is 0 Å². The molecule has 2 bridgehead atoms. The molecule has 132 valence electrons. The predicted octanol–water partition coefficient (Wildman–Crippen LogP) is -0.550. The van der Waals surface area contributed by atoms with Gasteiger partial charge in [0.1, 0.15) is 11.7 Å². The molecule has 0 saturated carbocycles. The highest BCUT2D eigenvalue weighted by atomic mass is 16.6. The first-order valence-corrected chi connectivity index (χ1v) is 8.06.